The van der Waals surface area contributed by atoms with Crippen LogP contribution in [0.4, 0.5) is 0 Å². The molecule has 0 fully saturated rings. The molecule has 17 heavy (non-hydrogen) atoms. The van der Waals surface area contributed by atoms with Crippen LogP contribution in [-0.4, -0.2) is 10.4 Å². The maximum absolute atomic E-state index is 12.1. The predicted octanol–water partition coefficient (Wildman–Crippen LogP) is 3.94. The van der Waals surface area contributed by atoms with Crippen LogP contribution >= 0.6 is 0 Å². The Labute approximate surface area is 102 Å². The molecule has 0 unspecified atom stereocenters. The number of ketones is 1. The number of nitrogens with zero attached hydrogens (tertiary/aromatic N) is 1. The van der Waals surface area contributed by atoms with Gasteiger partial charge in [0.25, 0.3) is 0 Å². The van der Waals surface area contributed by atoms with Crippen molar-refractivity contribution in [2.45, 2.75) is 32.6 Å². The molecule has 0 radical (unpaired) electrons. The van der Waals surface area contributed by atoms with Gasteiger partial charge in [0.1, 0.15) is 0 Å². The molecular weight excluding hydrogens is 210 g/mol. The number of unbranched alkanes of at least 4 members (excludes halogenated alkanes) is 2. The standard InChI is InChI=1S/C15H19NO/c1-3-4-5-10-15(17)13-11-16(2)14-9-7-6-8-12(13)14/h6-9,11H,3-5,10H2,1-2H3. The van der Waals surface area contributed by atoms with Crippen LogP contribution in [0.5, 0.6) is 0 Å². The quantitative estimate of drug-likeness (QED) is 0.562. The van der Waals surface area contributed by atoms with Crippen molar-refractivity contribution in [3.8, 4) is 0 Å². The van der Waals surface area contributed by atoms with Gasteiger partial charge in [-0.25, -0.2) is 0 Å². The Kier molecular flexibility index (Phi) is 3.62. The SMILES string of the molecule is CCCCCC(=O)c1cn(C)c2ccccc12. The molecule has 2 heteroatoms. The molecule has 0 bridgehead atoms. The number of aromatic nitrogens is 1. The molecule has 2 aromatic rings. The van der Waals surface area contributed by atoms with Crippen LogP contribution in [0.3, 0.4) is 0 Å². The first-order valence-electron chi connectivity index (χ1n) is 6.31. The Hall–Kier alpha value is -1.57. The molecule has 0 atom stereocenters. The first-order valence-corrected chi connectivity index (χ1v) is 6.31. The smallest absolute Gasteiger partial charge is 0.165 e. The van der Waals surface area contributed by atoms with Gasteiger partial charge in [-0.2, -0.15) is 0 Å². The highest BCUT2D eigenvalue weighted by atomic mass is 16.1. The number of hydrogen-bond acceptors (Lipinski definition) is 1. The van der Waals surface area contributed by atoms with Crippen molar-refractivity contribution < 1.29 is 4.79 Å². The van der Waals surface area contributed by atoms with Crippen LogP contribution in [0.25, 0.3) is 10.9 Å². The number of Topliss-reactive ketones (excluding diaryl/α,β-unsaturated/α-hetero) is 1. The molecule has 2 nitrogen and oxygen atoms in total. The summed E-state index contributed by atoms with van der Waals surface area (Å²) in [5, 5.41) is 1.08. The van der Waals surface area contributed by atoms with Gasteiger partial charge < -0.3 is 4.57 Å². The third-order valence-electron chi connectivity index (χ3n) is 3.20. The summed E-state index contributed by atoms with van der Waals surface area (Å²) < 4.78 is 2.03. The molecule has 0 aliphatic rings. The highest BCUT2D eigenvalue weighted by Gasteiger charge is 2.12. The Balaban J connectivity index is 2.26. The number of benzene rings is 1. The molecule has 90 valence electrons. The van der Waals surface area contributed by atoms with E-state index < -0.39 is 0 Å². The summed E-state index contributed by atoms with van der Waals surface area (Å²) in [4.78, 5) is 12.1. The molecular formula is C15H19NO. The van der Waals surface area contributed by atoms with E-state index in [1.807, 2.05) is 36.0 Å². The van der Waals surface area contributed by atoms with Gasteiger partial charge in [0.05, 0.1) is 0 Å². The number of para-hydroxylation sites is 1. The molecule has 2 rings (SSSR count). The van der Waals surface area contributed by atoms with E-state index in [0.29, 0.717) is 6.42 Å². The summed E-state index contributed by atoms with van der Waals surface area (Å²) in [6.45, 7) is 2.16. The van der Waals surface area contributed by atoms with Gasteiger partial charge in [0.15, 0.2) is 5.78 Å². The Morgan fingerprint density at radius 1 is 1.24 bits per heavy atom. The zero-order valence-electron chi connectivity index (χ0n) is 10.6. The zero-order chi connectivity index (χ0) is 12.3. The fraction of sp³-hybridized carbons (Fsp3) is 0.400. The summed E-state index contributed by atoms with van der Waals surface area (Å²) >= 11 is 0. The predicted molar refractivity (Wildman–Crippen MR) is 71.4 cm³/mol. The second-order valence-electron chi connectivity index (χ2n) is 4.55. The molecule has 0 N–H and O–H groups in total. The molecule has 0 amide bonds. The van der Waals surface area contributed by atoms with E-state index in [0.717, 1.165) is 35.7 Å². The number of aryl methyl sites for hydroxylation is 1. The van der Waals surface area contributed by atoms with Crippen LogP contribution in [0.2, 0.25) is 0 Å². The zero-order valence-corrected chi connectivity index (χ0v) is 10.6. The topological polar surface area (TPSA) is 22.0 Å². The fourth-order valence-corrected chi connectivity index (χ4v) is 2.23. The van der Waals surface area contributed by atoms with Gasteiger partial charge in [-0.15, -0.1) is 0 Å². The lowest BCUT2D eigenvalue weighted by atomic mass is 10.0. The van der Waals surface area contributed by atoms with Crippen molar-refractivity contribution in [2.75, 3.05) is 0 Å². The Morgan fingerprint density at radius 3 is 2.76 bits per heavy atom. The average molecular weight is 229 g/mol. The van der Waals surface area contributed by atoms with Gasteiger partial charge in [0.2, 0.25) is 0 Å². The summed E-state index contributed by atoms with van der Waals surface area (Å²) in [6.07, 6.45) is 5.92. The lowest BCUT2D eigenvalue weighted by Crippen LogP contribution is -1.97. The summed E-state index contributed by atoms with van der Waals surface area (Å²) in [6, 6.07) is 8.08. The maximum atomic E-state index is 12.1. The minimum atomic E-state index is 0.273. The van der Waals surface area contributed by atoms with Crippen molar-refractivity contribution in [3.05, 3.63) is 36.0 Å². The number of carbonyl (C=O) groups excluding carboxylic acids is 1. The van der Waals surface area contributed by atoms with Crippen molar-refractivity contribution in [1.82, 2.24) is 4.57 Å². The second kappa shape index (κ2) is 5.17. The van der Waals surface area contributed by atoms with Gasteiger partial charge in [-0.05, 0) is 12.5 Å². The molecule has 1 aromatic heterocycles. The molecule has 0 saturated carbocycles. The highest BCUT2D eigenvalue weighted by molar-refractivity contribution is 6.08. The normalized spacial score (nSPS) is 10.9. The van der Waals surface area contributed by atoms with E-state index in [2.05, 4.69) is 13.0 Å². The number of carbonyl (C=O) groups is 1. The third kappa shape index (κ3) is 2.41. The highest BCUT2D eigenvalue weighted by Crippen LogP contribution is 2.22. The summed E-state index contributed by atoms with van der Waals surface area (Å²) in [5.74, 6) is 0.273. The van der Waals surface area contributed by atoms with Gasteiger partial charge in [0, 0.05) is 36.1 Å². The minimum absolute atomic E-state index is 0.273. The maximum Gasteiger partial charge on any atom is 0.165 e. The largest absolute Gasteiger partial charge is 0.350 e. The van der Waals surface area contributed by atoms with E-state index in [1.54, 1.807) is 0 Å². The number of rotatable bonds is 5. The van der Waals surface area contributed by atoms with E-state index in [4.69, 9.17) is 0 Å². The lowest BCUT2D eigenvalue weighted by molar-refractivity contribution is 0.0980. The fourth-order valence-electron chi connectivity index (χ4n) is 2.23. The van der Waals surface area contributed by atoms with Crippen molar-refractivity contribution in [3.63, 3.8) is 0 Å². The second-order valence-corrected chi connectivity index (χ2v) is 4.55. The minimum Gasteiger partial charge on any atom is -0.350 e. The Morgan fingerprint density at radius 2 is 2.00 bits per heavy atom. The van der Waals surface area contributed by atoms with Gasteiger partial charge in [-0.1, -0.05) is 38.0 Å². The van der Waals surface area contributed by atoms with E-state index in [-0.39, 0.29) is 5.78 Å². The first-order chi connectivity index (χ1) is 8.24. The molecule has 1 heterocycles. The Bertz CT molecular complexity index is 525. The van der Waals surface area contributed by atoms with Crippen LogP contribution in [0.1, 0.15) is 43.0 Å². The van der Waals surface area contributed by atoms with Gasteiger partial charge in [-0.3, -0.25) is 4.79 Å². The average Bonchev–Trinajstić information content (AvgIpc) is 2.68. The monoisotopic (exact) mass is 229 g/mol. The lowest BCUT2D eigenvalue weighted by Gasteiger charge is -1.98. The summed E-state index contributed by atoms with van der Waals surface area (Å²) in [7, 11) is 1.99. The molecule has 0 spiro atoms. The number of hydrogen-bond donors (Lipinski definition) is 0. The van der Waals surface area contributed by atoms with Crippen molar-refractivity contribution in [2.24, 2.45) is 7.05 Å². The van der Waals surface area contributed by atoms with Crippen LogP contribution in [0, 0.1) is 0 Å². The van der Waals surface area contributed by atoms with E-state index in [9.17, 15) is 4.79 Å². The van der Waals surface area contributed by atoms with Crippen LogP contribution in [-0.2, 0) is 7.05 Å². The molecule has 0 aliphatic carbocycles. The molecule has 0 aliphatic heterocycles. The number of fused-ring (bicyclic) bond motifs is 1. The molecule has 1 aromatic carbocycles. The van der Waals surface area contributed by atoms with E-state index in [1.165, 1.54) is 0 Å². The first kappa shape index (κ1) is 11.9. The molecule has 0 saturated heterocycles. The van der Waals surface area contributed by atoms with Crippen LogP contribution in [0.15, 0.2) is 30.5 Å². The van der Waals surface area contributed by atoms with E-state index >= 15 is 0 Å². The van der Waals surface area contributed by atoms with Crippen molar-refractivity contribution in [1.29, 1.82) is 0 Å². The third-order valence-corrected chi connectivity index (χ3v) is 3.20. The summed E-state index contributed by atoms with van der Waals surface area (Å²) in [5.41, 5.74) is 2.01. The van der Waals surface area contributed by atoms with Gasteiger partial charge >= 0.3 is 0 Å². The van der Waals surface area contributed by atoms with Crippen LogP contribution < -0.4 is 0 Å². The van der Waals surface area contributed by atoms with Crippen molar-refractivity contribution >= 4 is 16.7 Å².